The summed E-state index contributed by atoms with van der Waals surface area (Å²) in [5.41, 5.74) is 0. The average Bonchev–Trinajstić information content (AvgIpc) is 2.26. The predicted molar refractivity (Wildman–Crippen MR) is 68.1 cm³/mol. The van der Waals surface area contributed by atoms with Gasteiger partial charge in [-0.3, -0.25) is 4.79 Å². The molecule has 0 spiro atoms. The van der Waals surface area contributed by atoms with Crippen LogP contribution in [0.3, 0.4) is 0 Å². The van der Waals surface area contributed by atoms with Crippen LogP contribution in [0.2, 0.25) is 0 Å². The van der Waals surface area contributed by atoms with Crippen molar-refractivity contribution < 1.29 is 14.3 Å². The van der Waals surface area contributed by atoms with E-state index in [1.807, 2.05) is 6.92 Å². The Morgan fingerprint density at radius 1 is 1.18 bits per heavy atom. The van der Waals surface area contributed by atoms with Crippen molar-refractivity contribution >= 4 is 12.3 Å². The number of hydrogen-bond acceptors (Lipinski definition) is 3. The van der Waals surface area contributed by atoms with Gasteiger partial charge in [0.15, 0.2) is 0 Å². The molecular weight excluding hydrogens is 216 g/mol. The Hall–Kier alpha value is -0.860. The summed E-state index contributed by atoms with van der Waals surface area (Å²) in [6, 6.07) is 0. The molecule has 0 aliphatic heterocycles. The van der Waals surface area contributed by atoms with E-state index in [4.69, 9.17) is 4.74 Å². The van der Waals surface area contributed by atoms with Crippen molar-refractivity contribution in [2.75, 3.05) is 0 Å². The lowest BCUT2D eigenvalue weighted by atomic mass is 10.0. The molecule has 0 bridgehead atoms. The minimum atomic E-state index is -0.520. The largest absolute Gasteiger partial charge is 0.462 e. The fourth-order valence-electron chi connectivity index (χ4n) is 1.61. The smallest absolute Gasteiger partial charge is 0.308 e. The summed E-state index contributed by atoms with van der Waals surface area (Å²) in [4.78, 5) is 21.5. The van der Waals surface area contributed by atoms with E-state index in [0.717, 1.165) is 44.8 Å². The van der Waals surface area contributed by atoms with Gasteiger partial charge >= 0.3 is 5.97 Å². The van der Waals surface area contributed by atoms with Gasteiger partial charge in [0.05, 0.1) is 5.92 Å². The van der Waals surface area contributed by atoms with Crippen molar-refractivity contribution in [1.82, 2.24) is 0 Å². The number of aldehydes is 1. The van der Waals surface area contributed by atoms with Crippen molar-refractivity contribution in [3.05, 3.63) is 13.8 Å². The lowest BCUT2D eigenvalue weighted by molar-refractivity contribution is -0.149. The first-order valence-corrected chi connectivity index (χ1v) is 6.38. The molecular formula is C14H24O3. The molecule has 3 nitrogen and oxygen atoms in total. The Morgan fingerprint density at radius 3 is 2.35 bits per heavy atom. The van der Waals surface area contributed by atoms with Crippen LogP contribution in [-0.4, -0.2) is 18.4 Å². The van der Waals surface area contributed by atoms with Gasteiger partial charge in [-0.15, -0.1) is 0 Å². The number of ether oxygens (including phenoxy) is 1. The lowest BCUT2D eigenvalue weighted by Crippen LogP contribution is -2.19. The fraction of sp³-hybridized carbons (Fsp3) is 0.714. The van der Waals surface area contributed by atoms with Gasteiger partial charge in [-0.05, 0) is 26.7 Å². The molecule has 0 heterocycles. The van der Waals surface area contributed by atoms with Crippen LogP contribution >= 0.6 is 0 Å². The van der Waals surface area contributed by atoms with E-state index in [0.29, 0.717) is 6.42 Å². The first-order chi connectivity index (χ1) is 8.07. The summed E-state index contributed by atoms with van der Waals surface area (Å²) >= 11 is 0. The van der Waals surface area contributed by atoms with E-state index in [1.54, 1.807) is 0 Å². The van der Waals surface area contributed by atoms with Gasteiger partial charge in [-0.2, -0.15) is 0 Å². The molecule has 0 aliphatic carbocycles. The summed E-state index contributed by atoms with van der Waals surface area (Å²) in [6.45, 7) is 8.91. The van der Waals surface area contributed by atoms with Crippen molar-refractivity contribution in [3.63, 3.8) is 0 Å². The van der Waals surface area contributed by atoms with Crippen LogP contribution in [0.1, 0.15) is 51.9 Å². The Bertz CT molecular complexity index is 212. The van der Waals surface area contributed by atoms with Crippen LogP contribution in [-0.2, 0) is 14.3 Å². The monoisotopic (exact) mass is 240 g/mol. The van der Waals surface area contributed by atoms with Crippen LogP contribution in [0.25, 0.3) is 0 Å². The molecule has 0 aliphatic rings. The molecule has 3 heteroatoms. The van der Waals surface area contributed by atoms with Gasteiger partial charge in [0.25, 0.3) is 0 Å². The SMILES string of the molecule is [CH2]C([CH2])OC(=O)C(C)CCCCCCCC=O. The number of carbonyl (C=O) groups excluding carboxylic acids is 2. The summed E-state index contributed by atoms with van der Waals surface area (Å²) < 4.78 is 4.92. The van der Waals surface area contributed by atoms with Crippen molar-refractivity contribution in [2.24, 2.45) is 5.92 Å². The summed E-state index contributed by atoms with van der Waals surface area (Å²) in [7, 11) is 0. The van der Waals surface area contributed by atoms with Crippen molar-refractivity contribution in [2.45, 2.75) is 58.0 Å². The van der Waals surface area contributed by atoms with Gasteiger partial charge in [-0.1, -0.05) is 32.6 Å². The topological polar surface area (TPSA) is 43.4 Å². The molecule has 0 amide bonds. The second-order valence-corrected chi connectivity index (χ2v) is 4.47. The van der Waals surface area contributed by atoms with Gasteiger partial charge in [0, 0.05) is 6.42 Å². The number of carbonyl (C=O) groups is 2. The zero-order valence-corrected chi connectivity index (χ0v) is 10.8. The maximum atomic E-state index is 11.4. The van der Waals surface area contributed by atoms with Crippen molar-refractivity contribution in [1.29, 1.82) is 0 Å². The van der Waals surface area contributed by atoms with Crippen molar-refractivity contribution in [3.8, 4) is 0 Å². The van der Waals surface area contributed by atoms with E-state index in [-0.39, 0.29) is 11.9 Å². The summed E-state index contributed by atoms with van der Waals surface area (Å²) in [5, 5.41) is 0. The number of rotatable bonds is 10. The average molecular weight is 240 g/mol. The second-order valence-electron chi connectivity index (χ2n) is 4.47. The Labute approximate surface area is 105 Å². The van der Waals surface area contributed by atoms with Crippen LogP contribution in [0.5, 0.6) is 0 Å². The normalized spacial score (nSPS) is 12.5. The third-order valence-corrected chi connectivity index (χ3v) is 2.64. The minimum Gasteiger partial charge on any atom is -0.462 e. The van der Waals surface area contributed by atoms with Crippen LogP contribution < -0.4 is 0 Å². The van der Waals surface area contributed by atoms with E-state index >= 15 is 0 Å². The highest BCUT2D eigenvalue weighted by Gasteiger charge is 2.14. The molecule has 0 aromatic heterocycles. The lowest BCUT2D eigenvalue weighted by Gasteiger charge is -2.13. The van der Waals surface area contributed by atoms with Crippen LogP contribution in [0, 0.1) is 19.8 Å². The fourth-order valence-corrected chi connectivity index (χ4v) is 1.61. The van der Waals surface area contributed by atoms with E-state index in [2.05, 4.69) is 13.8 Å². The zero-order valence-electron chi connectivity index (χ0n) is 10.8. The molecule has 98 valence electrons. The van der Waals surface area contributed by atoms with Crippen LogP contribution in [0.4, 0.5) is 0 Å². The zero-order chi connectivity index (χ0) is 13.1. The van der Waals surface area contributed by atoms with E-state index in [9.17, 15) is 9.59 Å². The van der Waals surface area contributed by atoms with Gasteiger partial charge in [0.1, 0.15) is 12.4 Å². The predicted octanol–water partition coefficient (Wildman–Crippen LogP) is 3.13. The van der Waals surface area contributed by atoms with Gasteiger partial charge in [0.2, 0.25) is 0 Å². The minimum absolute atomic E-state index is 0.0732. The number of hydrogen-bond donors (Lipinski definition) is 0. The highest BCUT2D eigenvalue weighted by Crippen LogP contribution is 2.13. The molecule has 0 aromatic rings. The number of unbranched alkanes of at least 4 members (excludes halogenated alkanes) is 5. The maximum Gasteiger partial charge on any atom is 0.308 e. The highest BCUT2D eigenvalue weighted by atomic mass is 16.5. The summed E-state index contributed by atoms with van der Waals surface area (Å²) in [6.07, 6.45) is 7.28. The number of esters is 1. The molecule has 0 fully saturated rings. The Balaban J connectivity index is 3.41. The molecule has 0 aromatic carbocycles. The molecule has 0 rings (SSSR count). The molecule has 1 unspecified atom stereocenters. The van der Waals surface area contributed by atoms with Gasteiger partial charge < -0.3 is 9.53 Å². The molecule has 0 saturated heterocycles. The van der Waals surface area contributed by atoms with E-state index < -0.39 is 6.10 Å². The van der Waals surface area contributed by atoms with Crippen LogP contribution in [0.15, 0.2) is 0 Å². The summed E-state index contributed by atoms with van der Waals surface area (Å²) in [5.74, 6) is -0.281. The quantitative estimate of drug-likeness (QED) is 0.335. The molecule has 1 atom stereocenters. The molecule has 2 radical (unpaired) electrons. The molecule has 0 N–H and O–H groups in total. The Kier molecular flexibility index (Phi) is 9.78. The third kappa shape index (κ3) is 10.0. The van der Waals surface area contributed by atoms with E-state index in [1.165, 1.54) is 0 Å². The second kappa shape index (κ2) is 10.3. The Morgan fingerprint density at radius 2 is 1.76 bits per heavy atom. The highest BCUT2D eigenvalue weighted by molar-refractivity contribution is 5.72. The molecule has 0 saturated carbocycles. The first kappa shape index (κ1) is 16.1. The van der Waals surface area contributed by atoms with Gasteiger partial charge in [-0.25, -0.2) is 0 Å². The maximum absolute atomic E-state index is 11.4. The standard InChI is InChI=1S/C14H24O3/c1-12(2)17-14(16)13(3)10-8-6-4-5-7-9-11-15/h11-13H,1-2,4-10H2,3H3. The third-order valence-electron chi connectivity index (χ3n) is 2.64. The first-order valence-electron chi connectivity index (χ1n) is 6.38. The molecule has 17 heavy (non-hydrogen) atoms.